The lowest BCUT2D eigenvalue weighted by Crippen LogP contribution is -2.34. The fourth-order valence-electron chi connectivity index (χ4n) is 2.59. The Morgan fingerprint density at radius 2 is 1.42 bits per heavy atom. The maximum absolute atomic E-state index is 12.0. The van der Waals surface area contributed by atoms with Crippen LogP contribution in [0.25, 0.3) is 0 Å². The largest absolute Gasteiger partial charge is 0.458 e. The summed E-state index contributed by atoms with van der Waals surface area (Å²) in [7, 11) is 0. The van der Waals surface area contributed by atoms with Gasteiger partial charge in [0.1, 0.15) is 11.5 Å². The first-order chi connectivity index (χ1) is 17.1. The fraction of sp³-hybridized carbons (Fsp3) is 0.0455. The summed E-state index contributed by atoms with van der Waals surface area (Å²) in [6, 6.07) is 11.7. The van der Waals surface area contributed by atoms with Gasteiger partial charge >= 0.3 is 23.6 Å². The number of nitrogens with zero attached hydrogens (tertiary/aromatic N) is 1. The Balaban J connectivity index is 1.45. The van der Waals surface area contributed by atoms with E-state index in [0.717, 1.165) is 6.21 Å². The van der Waals surface area contributed by atoms with Gasteiger partial charge in [-0.3, -0.25) is 19.2 Å². The van der Waals surface area contributed by atoms with Gasteiger partial charge in [0, 0.05) is 21.4 Å². The standard InChI is InChI=1S/C22H15Cl4N5O5/c23-11-5-12(24)7-14(6-11)30-21(34)22(35)31-28-10-16-3-2-15(36-16)9-27-19(32)20(33)29-13-1-4-17(25)18(26)8-13/h1-8,10H,9H2,(H,27,32)(H,29,33)(H,30,34)(H,31,35)/b28-10+. The molecule has 36 heavy (non-hydrogen) atoms. The number of carbonyl (C=O) groups is 4. The van der Waals surface area contributed by atoms with E-state index in [2.05, 4.69) is 21.1 Å². The summed E-state index contributed by atoms with van der Waals surface area (Å²) in [4.78, 5) is 47.8. The zero-order valence-corrected chi connectivity index (χ0v) is 20.9. The van der Waals surface area contributed by atoms with E-state index in [-0.39, 0.29) is 33.1 Å². The van der Waals surface area contributed by atoms with Gasteiger partial charge in [0.15, 0.2) is 0 Å². The summed E-state index contributed by atoms with van der Waals surface area (Å²) in [5.41, 5.74) is 2.57. The lowest BCUT2D eigenvalue weighted by molar-refractivity contribution is -0.136. The Hall–Kier alpha value is -3.57. The van der Waals surface area contributed by atoms with Crippen molar-refractivity contribution < 1.29 is 23.6 Å². The van der Waals surface area contributed by atoms with Crippen LogP contribution in [-0.2, 0) is 25.7 Å². The van der Waals surface area contributed by atoms with Gasteiger partial charge in [-0.2, -0.15) is 5.10 Å². The van der Waals surface area contributed by atoms with Gasteiger partial charge < -0.3 is 20.4 Å². The first-order valence-electron chi connectivity index (χ1n) is 9.84. The van der Waals surface area contributed by atoms with Crippen LogP contribution >= 0.6 is 46.4 Å². The molecule has 4 amide bonds. The van der Waals surface area contributed by atoms with Crippen LogP contribution in [0.3, 0.4) is 0 Å². The quantitative estimate of drug-likeness (QED) is 0.199. The number of anilines is 2. The van der Waals surface area contributed by atoms with Crippen LogP contribution in [-0.4, -0.2) is 29.8 Å². The van der Waals surface area contributed by atoms with Crippen molar-refractivity contribution in [2.24, 2.45) is 5.10 Å². The van der Waals surface area contributed by atoms with Crippen LogP contribution < -0.4 is 21.4 Å². The van der Waals surface area contributed by atoms with E-state index in [1.54, 1.807) is 0 Å². The summed E-state index contributed by atoms with van der Waals surface area (Å²) in [6.07, 6.45) is 1.14. The van der Waals surface area contributed by atoms with Crippen molar-refractivity contribution in [3.05, 3.63) is 80.1 Å². The molecule has 0 saturated heterocycles. The number of amides is 4. The van der Waals surface area contributed by atoms with E-state index in [4.69, 9.17) is 50.8 Å². The van der Waals surface area contributed by atoms with Crippen LogP contribution in [0, 0.1) is 0 Å². The SMILES string of the molecule is O=C(NCc1ccc(/C=N/NC(=O)C(=O)Nc2cc(Cl)cc(Cl)c2)o1)C(=O)Nc1ccc(Cl)c(Cl)c1. The third kappa shape index (κ3) is 7.99. The van der Waals surface area contributed by atoms with Crippen molar-refractivity contribution in [1.29, 1.82) is 0 Å². The van der Waals surface area contributed by atoms with E-state index >= 15 is 0 Å². The molecule has 0 aliphatic rings. The van der Waals surface area contributed by atoms with Crippen LogP contribution in [0.15, 0.2) is 58.0 Å². The third-order valence-corrected chi connectivity index (χ3v) is 5.35. The summed E-state index contributed by atoms with van der Waals surface area (Å²) in [5, 5.41) is 11.8. The van der Waals surface area contributed by atoms with E-state index in [9.17, 15) is 19.2 Å². The molecule has 1 heterocycles. The van der Waals surface area contributed by atoms with Gasteiger partial charge in [0.2, 0.25) is 0 Å². The highest BCUT2D eigenvalue weighted by Crippen LogP contribution is 2.25. The molecule has 186 valence electrons. The molecule has 3 aromatic rings. The predicted octanol–water partition coefficient (Wildman–Crippen LogP) is 4.24. The van der Waals surface area contributed by atoms with Crippen molar-refractivity contribution in [3.8, 4) is 0 Å². The summed E-state index contributed by atoms with van der Waals surface area (Å²) in [5.74, 6) is -3.35. The van der Waals surface area contributed by atoms with E-state index in [1.807, 2.05) is 5.43 Å². The van der Waals surface area contributed by atoms with Crippen LogP contribution in [0.4, 0.5) is 11.4 Å². The van der Waals surface area contributed by atoms with E-state index in [1.165, 1.54) is 48.5 Å². The number of benzene rings is 2. The third-order valence-electron chi connectivity index (χ3n) is 4.17. The molecule has 3 rings (SSSR count). The Labute approximate surface area is 223 Å². The average Bonchev–Trinajstić information content (AvgIpc) is 3.26. The minimum Gasteiger partial charge on any atom is -0.458 e. The summed E-state index contributed by atoms with van der Waals surface area (Å²) >= 11 is 23.4. The number of furan rings is 1. The van der Waals surface area contributed by atoms with E-state index in [0.29, 0.717) is 16.5 Å². The molecule has 1 aromatic heterocycles. The van der Waals surface area contributed by atoms with E-state index < -0.39 is 23.6 Å². The minimum atomic E-state index is -1.05. The molecule has 0 radical (unpaired) electrons. The second-order valence-corrected chi connectivity index (χ2v) is 8.57. The maximum atomic E-state index is 12.0. The second kappa shape index (κ2) is 12.4. The lowest BCUT2D eigenvalue weighted by atomic mass is 10.3. The number of halogens is 4. The molecule has 0 saturated carbocycles. The molecule has 0 aliphatic carbocycles. The normalized spacial score (nSPS) is 10.7. The highest BCUT2D eigenvalue weighted by molar-refractivity contribution is 6.43. The Morgan fingerprint density at radius 3 is 2.11 bits per heavy atom. The number of nitrogens with one attached hydrogen (secondary N) is 4. The lowest BCUT2D eigenvalue weighted by Gasteiger charge is -2.06. The van der Waals surface area contributed by atoms with Gasteiger partial charge in [-0.05, 0) is 48.5 Å². The molecule has 0 bridgehead atoms. The first kappa shape index (κ1) is 27.0. The molecule has 10 nitrogen and oxygen atoms in total. The Kier molecular flexibility index (Phi) is 9.31. The highest BCUT2D eigenvalue weighted by Gasteiger charge is 2.15. The predicted molar refractivity (Wildman–Crippen MR) is 136 cm³/mol. The van der Waals surface area contributed by atoms with Crippen molar-refractivity contribution in [3.63, 3.8) is 0 Å². The van der Waals surface area contributed by atoms with Crippen molar-refractivity contribution in [2.75, 3.05) is 10.6 Å². The maximum Gasteiger partial charge on any atom is 0.329 e. The highest BCUT2D eigenvalue weighted by atomic mass is 35.5. The molecule has 0 aliphatic heterocycles. The molecular formula is C22H15Cl4N5O5. The number of rotatable bonds is 6. The van der Waals surface area contributed by atoms with Gasteiger partial charge in [-0.1, -0.05) is 46.4 Å². The zero-order valence-electron chi connectivity index (χ0n) is 17.9. The minimum absolute atomic E-state index is 0.0988. The van der Waals surface area contributed by atoms with Crippen LogP contribution in [0.5, 0.6) is 0 Å². The van der Waals surface area contributed by atoms with Crippen molar-refractivity contribution in [1.82, 2.24) is 10.7 Å². The Bertz CT molecular complexity index is 1340. The van der Waals surface area contributed by atoms with Crippen molar-refractivity contribution >= 4 is 87.6 Å². The molecule has 0 spiro atoms. The smallest absolute Gasteiger partial charge is 0.329 e. The summed E-state index contributed by atoms with van der Waals surface area (Å²) in [6.45, 7) is -0.0988. The molecule has 4 N–H and O–H groups in total. The molecule has 0 unspecified atom stereocenters. The molecular weight excluding hydrogens is 556 g/mol. The van der Waals surface area contributed by atoms with Gasteiger partial charge in [0.05, 0.1) is 22.8 Å². The zero-order chi connectivity index (χ0) is 26.2. The number of hydrogen-bond acceptors (Lipinski definition) is 6. The van der Waals surface area contributed by atoms with Crippen LogP contribution in [0.2, 0.25) is 20.1 Å². The topological polar surface area (TPSA) is 142 Å². The number of hydrazone groups is 1. The van der Waals surface area contributed by atoms with Gasteiger partial charge in [-0.15, -0.1) is 0 Å². The average molecular weight is 571 g/mol. The van der Waals surface area contributed by atoms with Crippen molar-refractivity contribution in [2.45, 2.75) is 6.54 Å². The van der Waals surface area contributed by atoms with Gasteiger partial charge in [-0.25, -0.2) is 5.43 Å². The van der Waals surface area contributed by atoms with Crippen LogP contribution in [0.1, 0.15) is 11.5 Å². The monoisotopic (exact) mass is 569 g/mol. The molecule has 0 fully saturated rings. The molecule has 0 atom stereocenters. The fourth-order valence-corrected chi connectivity index (χ4v) is 3.41. The summed E-state index contributed by atoms with van der Waals surface area (Å²) < 4.78 is 5.42. The second-order valence-electron chi connectivity index (χ2n) is 6.88. The van der Waals surface area contributed by atoms with Gasteiger partial charge in [0.25, 0.3) is 0 Å². The first-order valence-corrected chi connectivity index (χ1v) is 11.4. The number of hydrogen-bond donors (Lipinski definition) is 4. The number of carbonyl (C=O) groups excluding carboxylic acids is 4. The molecule has 14 heteroatoms. The molecule has 2 aromatic carbocycles. The Morgan fingerprint density at radius 1 is 0.750 bits per heavy atom.